The molecule has 6 nitrogen and oxygen atoms in total. The molecule has 0 atom stereocenters. The highest BCUT2D eigenvalue weighted by molar-refractivity contribution is 6.09. The normalized spacial score (nSPS) is 11.8. The first-order valence-electron chi connectivity index (χ1n) is 15.2. The van der Waals surface area contributed by atoms with E-state index in [0.717, 1.165) is 56.1 Å². The molecule has 3 aromatic heterocycles. The number of fused-ring (bicyclic) bond motifs is 3. The molecule has 0 spiro atoms. The molecule has 0 radical (unpaired) electrons. The van der Waals surface area contributed by atoms with Crippen molar-refractivity contribution >= 4 is 21.8 Å². The Morgan fingerprint density at radius 2 is 1.47 bits per heavy atom. The van der Waals surface area contributed by atoms with E-state index in [1.54, 1.807) is 13.3 Å². The molecule has 224 valence electrons. The predicted molar refractivity (Wildman–Crippen MR) is 182 cm³/mol. The Bertz CT molecular complexity index is 2180. The van der Waals surface area contributed by atoms with E-state index in [9.17, 15) is 0 Å². The Labute approximate surface area is 263 Å². The summed E-state index contributed by atoms with van der Waals surface area (Å²) in [5.74, 6) is 3.00. The van der Waals surface area contributed by atoms with E-state index in [1.807, 2.05) is 59.4 Å². The number of hydrogen-bond acceptors (Lipinski definition) is 4. The highest BCUT2D eigenvalue weighted by atomic mass is 16.5. The molecule has 6 heteroatoms. The van der Waals surface area contributed by atoms with Crippen molar-refractivity contribution in [3.8, 4) is 39.9 Å². The van der Waals surface area contributed by atoms with Crippen LogP contribution >= 0.6 is 0 Å². The minimum atomic E-state index is 0.103. The lowest BCUT2D eigenvalue weighted by Gasteiger charge is -2.22. The maximum absolute atomic E-state index is 6.46. The van der Waals surface area contributed by atoms with Gasteiger partial charge in [0.2, 0.25) is 0 Å². The van der Waals surface area contributed by atoms with Crippen LogP contribution < -0.4 is 9.47 Å². The molecule has 4 aromatic carbocycles. The van der Waals surface area contributed by atoms with Crippen LogP contribution in [0.2, 0.25) is 0 Å². The van der Waals surface area contributed by atoms with Crippen molar-refractivity contribution in [2.75, 3.05) is 7.11 Å². The Balaban J connectivity index is 1.22. The fourth-order valence-corrected chi connectivity index (χ4v) is 6.18. The molecule has 0 aliphatic carbocycles. The van der Waals surface area contributed by atoms with Crippen LogP contribution in [0, 0.1) is 13.8 Å². The van der Waals surface area contributed by atoms with Gasteiger partial charge in [-0.2, -0.15) is 5.10 Å². The third kappa shape index (κ3) is 5.22. The summed E-state index contributed by atoms with van der Waals surface area (Å²) in [6, 6.07) is 31.0. The third-order valence-corrected chi connectivity index (χ3v) is 8.41. The number of rotatable bonds is 6. The molecular weight excluding hydrogens is 556 g/mol. The fourth-order valence-electron chi connectivity index (χ4n) is 6.18. The molecule has 7 aromatic rings. The molecule has 45 heavy (non-hydrogen) atoms. The summed E-state index contributed by atoms with van der Waals surface area (Å²) >= 11 is 0. The van der Waals surface area contributed by atoms with E-state index in [1.165, 1.54) is 22.3 Å². The minimum Gasteiger partial charge on any atom is -0.497 e. The lowest BCUT2D eigenvalue weighted by Crippen LogP contribution is -2.12. The SMILES string of the molecule is COc1ccnc(-n2c3ccccc3c3ccc(Oc4cccc(-n5cc(-c6c(C)cc(C(C)(C)C)cc6C)cn5)c4)cc32)c1. The molecule has 0 saturated heterocycles. The van der Waals surface area contributed by atoms with Crippen LogP contribution in [-0.4, -0.2) is 26.4 Å². The molecule has 0 N–H and O–H groups in total. The van der Waals surface area contributed by atoms with Gasteiger partial charge >= 0.3 is 0 Å². The van der Waals surface area contributed by atoms with Crippen molar-refractivity contribution < 1.29 is 9.47 Å². The van der Waals surface area contributed by atoms with Gasteiger partial charge < -0.3 is 9.47 Å². The lowest BCUT2D eigenvalue weighted by molar-refractivity contribution is 0.414. The molecule has 3 heterocycles. The molecule has 0 unspecified atom stereocenters. The van der Waals surface area contributed by atoms with Crippen LogP contribution in [0.1, 0.15) is 37.5 Å². The zero-order chi connectivity index (χ0) is 31.3. The Kier molecular flexibility index (Phi) is 6.93. The second kappa shape index (κ2) is 11.0. The number of ether oxygens (including phenoxy) is 2. The highest BCUT2D eigenvalue weighted by Gasteiger charge is 2.18. The zero-order valence-electron chi connectivity index (χ0n) is 26.5. The van der Waals surface area contributed by atoms with Gasteiger partial charge in [0.05, 0.1) is 30.0 Å². The largest absolute Gasteiger partial charge is 0.497 e. The lowest BCUT2D eigenvalue weighted by atomic mass is 9.83. The monoisotopic (exact) mass is 592 g/mol. The first-order valence-corrected chi connectivity index (χ1v) is 15.2. The summed E-state index contributed by atoms with van der Waals surface area (Å²) in [5.41, 5.74) is 9.30. The molecular formula is C39H36N4O2. The van der Waals surface area contributed by atoms with E-state index < -0.39 is 0 Å². The van der Waals surface area contributed by atoms with Crippen molar-refractivity contribution in [2.45, 2.75) is 40.0 Å². The number of nitrogens with zero attached hydrogens (tertiary/aromatic N) is 4. The number of hydrogen-bond donors (Lipinski definition) is 0. The van der Waals surface area contributed by atoms with Crippen LogP contribution in [0.5, 0.6) is 17.2 Å². The van der Waals surface area contributed by atoms with Gasteiger partial charge in [0.25, 0.3) is 0 Å². The summed E-state index contributed by atoms with van der Waals surface area (Å²) in [7, 11) is 1.67. The summed E-state index contributed by atoms with van der Waals surface area (Å²) in [6.07, 6.45) is 5.81. The van der Waals surface area contributed by atoms with E-state index in [0.29, 0.717) is 0 Å². The number of methoxy groups -OCH3 is 1. The average molecular weight is 593 g/mol. The quantitative estimate of drug-likeness (QED) is 0.193. The van der Waals surface area contributed by atoms with E-state index in [-0.39, 0.29) is 5.41 Å². The maximum atomic E-state index is 6.46. The van der Waals surface area contributed by atoms with Crippen LogP contribution in [0.15, 0.2) is 110 Å². The number of benzene rings is 4. The van der Waals surface area contributed by atoms with Crippen LogP contribution in [0.25, 0.3) is 44.4 Å². The molecule has 0 saturated carbocycles. The van der Waals surface area contributed by atoms with Crippen LogP contribution in [0.4, 0.5) is 0 Å². The maximum Gasteiger partial charge on any atom is 0.141 e. The van der Waals surface area contributed by atoms with E-state index >= 15 is 0 Å². The van der Waals surface area contributed by atoms with E-state index in [2.05, 4.69) is 92.8 Å². The van der Waals surface area contributed by atoms with Gasteiger partial charge in [-0.15, -0.1) is 0 Å². The number of pyridine rings is 1. The second-order valence-corrected chi connectivity index (χ2v) is 12.6. The third-order valence-electron chi connectivity index (χ3n) is 8.41. The summed E-state index contributed by atoms with van der Waals surface area (Å²) in [4.78, 5) is 4.67. The van der Waals surface area contributed by atoms with Gasteiger partial charge in [0.1, 0.15) is 23.1 Å². The number of aromatic nitrogens is 4. The smallest absolute Gasteiger partial charge is 0.141 e. The van der Waals surface area contributed by atoms with E-state index in [4.69, 9.17) is 14.6 Å². The minimum absolute atomic E-state index is 0.103. The number of para-hydroxylation sites is 1. The van der Waals surface area contributed by atoms with Gasteiger partial charge in [-0.1, -0.05) is 57.2 Å². The number of aryl methyl sites for hydroxylation is 2. The van der Waals surface area contributed by atoms with Crippen LogP contribution in [-0.2, 0) is 5.41 Å². The van der Waals surface area contributed by atoms with Gasteiger partial charge in [-0.05, 0) is 77.9 Å². The molecule has 7 rings (SSSR count). The van der Waals surface area contributed by atoms with Crippen molar-refractivity contribution in [3.05, 3.63) is 126 Å². The standard InChI is InChI=1S/C39H36N4O2/c1-25-18-28(39(3,4)5)19-26(2)38(25)27-23-41-42(24-27)29-10-9-11-31(20-29)45-32-14-15-34-33-12-7-8-13-35(33)43(36(34)21-32)37-22-30(44-6)16-17-40-37/h7-24H,1-6H3. The fraction of sp³-hybridized carbons (Fsp3) is 0.179. The van der Waals surface area contributed by atoms with Crippen molar-refractivity contribution in [3.63, 3.8) is 0 Å². The Morgan fingerprint density at radius 3 is 2.24 bits per heavy atom. The van der Waals surface area contributed by atoms with Gasteiger partial charge in [-0.25, -0.2) is 9.67 Å². The van der Waals surface area contributed by atoms with Gasteiger partial charge in [0, 0.05) is 46.9 Å². The molecule has 0 aliphatic heterocycles. The molecule has 0 fully saturated rings. The summed E-state index contributed by atoms with van der Waals surface area (Å²) in [6.45, 7) is 11.1. The van der Waals surface area contributed by atoms with Gasteiger partial charge in [0.15, 0.2) is 0 Å². The van der Waals surface area contributed by atoms with Crippen LogP contribution in [0.3, 0.4) is 0 Å². The average Bonchev–Trinajstić information content (AvgIpc) is 3.63. The first kappa shape index (κ1) is 28.4. The predicted octanol–water partition coefficient (Wildman–Crippen LogP) is 9.75. The molecule has 0 amide bonds. The zero-order valence-corrected chi connectivity index (χ0v) is 26.5. The summed E-state index contributed by atoms with van der Waals surface area (Å²) < 4.78 is 16.0. The van der Waals surface area contributed by atoms with Crippen molar-refractivity contribution in [1.29, 1.82) is 0 Å². The molecule has 0 aliphatic rings. The van der Waals surface area contributed by atoms with Gasteiger partial charge in [-0.3, -0.25) is 4.57 Å². The summed E-state index contributed by atoms with van der Waals surface area (Å²) in [5, 5.41) is 7.01. The molecule has 0 bridgehead atoms. The Hall–Kier alpha value is -5.36. The first-order chi connectivity index (χ1) is 21.7. The highest BCUT2D eigenvalue weighted by Crippen LogP contribution is 2.36. The second-order valence-electron chi connectivity index (χ2n) is 12.6. The topological polar surface area (TPSA) is 54.1 Å². The Morgan fingerprint density at radius 1 is 0.711 bits per heavy atom. The van der Waals surface area contributed by atoms with Crippen molar-refractivity contribution in [2.24, 2.45) is 0 Å². The van der Waals surface area contributed by atoms with Crippen molar-refractivity contribution in [1.82, 2.24) is 19.3 Å².